The largest absolute Gasteiger partial charge is 0.455 e. The molecule has 0 aliphatic carbocycles. The third kappa shape index (κ3) is 7.30. The number of rotatable bonds is 9. The average Bonchev–Trinajstić information content (AvgIpc) is 3.81. The number of hydrogen-bond acceptors (Lipinski definition) is 8. The number of benzene rings is 3. The van der Waals surface area contributed by atoms with E-state index in [2.05, 4.69) is 40.0 Å². The van der Waals surface area contributed by atoms with Crippen LogP contribution >= 0.6 is 15.9 Å². The summed E-state index contributed by atoms with van der Waals surface area (Å²) in [6, 6.07) is 23.8. The number of aliphatic hydroxyl groups excluding tert-OH is 1. The van der Waals surface area contributed by atoms with Crippen molar-refractivity contribution < 1.29 is 33.8 Å². The summed E-state index contributed by atoms with van der Waals surface area (Å²) in [5.74, 6) is -4.03. The second kappa shape index (κ2) is 16.8. The zero-order valence-corrected chi connectivity index (χ0v) is 33.5. The van der Waals surface area contributed by atoms with Gasteiger partial charge in [0.15, 0.2) is 0 Å². The van der Waals surface area contributed by atoms with Gasteiger partial charge in [-0.1, -0.05) is 88.7 Å². The second-order valence-corrected chi connectivity index (χ2v) is 15.8. The predicted octanol–water partition coefficient (Wildman–Crippen LogP) is 5.48. The number of nitrogens with one attached hydrogen (secondary N) is 1. The number of ether oxygens (including phenoxy) is 2. The van der Waals surface area contributed by atoms with Gasteiger partial charge in [-0.3, -0.25) is 19.2 Å². The molecule has 0 saturated carbocycles. The summed E-state index contributed by atoms with van der Waals surface area (Å²) < 4.78 is 13.6. The Morgan fingerprint density at radius 3 is 2.25 bits per heavy atom. The van der Waals surface area contributed by atoms with Crippen LogP contribution in [0.15, 0.2) is 108 Å². The molecule has 8 atom stereocenters. The van der Waals surface area contributed by atoms with Gasteiger partial charge >= 0.3 is 5.97 Å². The molecule has 4 aliphatic rings. The molecule has 3 aromatic rings. The van der Waals surface area contributed by atoms with E-state index in [0.29, 0.717) is 22.2 Å². The van der Waals surface area contributed by atoms with Gasteiger partial charge < -0.3 is 34.6 Å². The van der Waals surface area contributed by atoms with Gasteiger partial charge in [0.05, 0.1) is 24.6 Å². The lowest BCUT2D eigenvalue weighted by Gasteiger charge is -2.39. The number of halogens is 1. The van der Waals surface area contributed by atoms with Gasteiger partial charge in [0, 0.05) is 41.9 Å². The third-order valence-corrected chi connectivity index (χ3v) is 12.2. The number of amides is 3. The highest BCUT2D eigenvalue weighted by molar-refractivity contribution is 9.11. The SMILES string of the molecule is CCN(CC)c1ccc(N2C/C=C\CCC(=O)N[C@H](C)[C@@H](c3ccccc3)OC(=O)[C@@H]3[C@H]4O[C@@]5(C=C4Br)[C@H](C2=O)N([C@@H](CO)Cc2ccccc2)C(=O)[C@@H]35)cc1. The first-order valence-electron chi connectivity index (χ1n) is 19.5. The molecule has 2 N–H and O–H groups in total. The summed E-state index contributed by atoms with van der Waals surface area (Å²) in [4.78, 5) is 63.8. The van der Waals surface area contributed by atoms with E-state index in [4.69, 9.17) is 9.47 Å². The number of nitrogens with zero attached hydrogens (tertiary/aromatic N) is 3. The molecular weight excluding hydrogens is 776 g/mol. The Bertz CT molecular complexity index is 1970. The minimum atomic E-state index is -1.55. The number of likely N-dealkylation sites (tertiary alicyclic amines) is 1. The van der Waals surface area contributed by atoms with Crippen molar-refractivity contribution in [2.45, 2.75) is 76.0 Å². The van der Waals surface area contributed by atoms with Gasteiger partial charge in [-0.15, -0.1) is 0 Å². The van der Waals surface area contributed by atoms with E-state index in [1.54, 1.807) is 17.9 Å². The van der Waals surface area contributed by atoms with E-state index < -0.39 is 72.2 Å². The van der Waals surface area contributed by atoms with Gasteiger partial charge in [-0.25, -0.2) is 0 Å². The maximum Gasteiger partial charge on any atom is 0.313 e. The van der Waals surface area contributed by atoms with Crippen molar-refractivity contribution in [3.05, 3.63) is 119 Å². The van der Waals surface area contributed by atoms with Crippen LogP contribution in [0.1, 0.15) is 50.8 Å². The minimum absolute atomic E-state index is 0.138. The molecule has 11 nitrogen and oxygen atoms in total. The van der Waals surface area contributed by atoms with Crippen LogP contribution in [0.3, 0.4) is 0 Å². The molecule has 294 valence electrons. The van der Waals surface area contributed by atoms with Crippen LogP contribution in [0.5, 0.6) is 0 Å². The van der Waals surface area contributed by atoms with Crippen molar-refractivity contribution in [2.75, 3.05) is 36.0 Å². The summed E-state index contributed by atoms with van der Waals surface area (Å²) in [7, 11) is 0. The van der Waals surface area contributed by atoms with E-state index in [1.807, 2.05) is 97.1 Å². The molecule has 1 spiro atoms. The van der Waals surface area contributed by atoms with Gasteiger partial charge in [0.25, 0.3) is 5.91 Å². The Morgan fingerprint density at radius 1 is 0.911 bits per heavy atom. The van der Waals surface area contributed by atoms with E-state index in [9.17, 15) is 14.7 Å². The summed E-state index contributed by atoms with van der Waals surface area (Å²) in [6.07, 6.45) is 4.59. The van der Waals surface area contributed by atoms with E-state index in [1.165, 1.54) is 4.90 Å². The molecule has 7 rings (SSSR count). The van der Waals surface area contributed by atoms with Gasteiger partial charge in [0.2, 0.25) is 11.8 Å². The highest BCUT2D eigenvalue weighted by Crippen LogP contribution is 2.59. The van der Waals surface area contributed by atoms with E-state index in [-0.39, 0.29) is 25.3 Å². The molecule has 5 bridgehead atoms. The van der Waals surface area contributed by atoms with Crippen LogP contribution in [0.25, 0.3) is 0 Å². The van der Waals surface area contributed by atoms with Crippen LogP contribution in [0, 0.1) is 11.8 Å². The van der Waals surface area contributed by atoms with Crippen molar-refractivity contribution >= 4 is 51.0 Å². The molecule has 2 fully saturated rings. The van der Waals surface area contributed by atoms with Crippen LogP contribution in [0.4, 0.5) is 11.4 Å². The summed E-state index contributed by atoms with van der Waals surface area (Å²) in [5, 5.41) is 14.0. The topological polar surface area (TPSA) is 129 Å². The Hall–Kier alpha value is -4.78. The van der Waals surface area contributed by atoms with Crippen molar-refractivity contribution in [3.8, 4) is 0 Å². The van der Waals surface area contributed by atoms with Gasteiger partial charge in [-0.05, 0) is 75.1 Å². The molecule has 4 heterocycles. The van der Waals surface area contributed by atoms with Crippen molar-refractivity contribution in [1.29, 1.82) is 0 Å². The lowest BCUT2D eigenvalue weighted by Crippen LogP contribution is -2.59. The van der Waals surface area contributed by atoms with Crippen molar-refractivity contribution in [3.63, 3.8) is 0 Å². The Kier molecular flexibility index (Phi) is 11.8. The highest BCUT2D eigenvalue weighted by Gasteiger charge is 2.75. The number of carbonyl (C=O) groups is 4. The fourth-order valence-electron chi connectivity index (χ4n) is 8.86. The van der Waals surface area contributed by atoms with Crippen molar-refractivity contribution in [1.82, 2.24) is 10.2 Å². The molecule has 0 aromatic heterocycles. The Labute approximate surface area is 336 Å². The maximum absolute atomic E-state index is 15.5. The van der Waals surface area contributed by atoms with Crippen LogP contribution < -0.4 is 15.1 Å². The average molecular weight is 826 g/mol. The summed E-state index contributed by atoms with van der Waals surface area (Å²) in [6.45, 7) is 7.30. The maximum atomic E-state index is 15.5. The smallest absolute Gasteiger partial charge is 0.313 e. The number of anilines is 2. The number of carbonyl (C=O) groups excluding carboxylic acids is 4. The molecule has 4 aliphatic heterocycles. The first-order valence-corrected chi connectivity index (χ1v) is 20.3. The van der Waals surface area contributed by atoms with E-state index in [0.717, 1.165) is 24.3 Å². The lowest BCUT2D eigenvalue weighted by molar-refractivity contribution is -0.161. The number of aliphatic hydroxyl groups is 1. The molecule has 12 heteroatoms. The quantitative estimate of drug-likeness (QED) is 0.215. The predicted molar refractivity (Wildman–Crippen MR) is 217 cm³/mol. The molecule has 0 radical (unpaired) electrons. The second-order valence-electron chi connectivity index (χ2n) is 14.9. The first-order chi connectivity index (χ1) is 27.1. The highest BCUT2D eigenvalue weighted by atomic mass is 79.9. The van der Waals surface area contributed by atoms with Gasteiger partial charge in [-0.2, -0.15) is 0 Å². The first kappa shape index (κ1) is 39.5. The number of allylic oxidation sites excluding steroid dienone is 1. The van der Waals surface area contributed by atoms with Gasteiger partial charge in [0.1, 0.15) is 29.8 Å². The Morgan fingerprint density at radius 2 is 1.59 bits per heavy atom. The number of fused-ring (bicyclic) bond motifs is 2. The van der Waals surface area contributed by atoms with Crippen LogP contribution in [-0.2, 0) is 35.1 Å². The summed E-state index contributed by atoms with van der Waals surface area (Å²) >= 11 is 3.65. The number of cyclic esters (lactones) is 1. The molecular formula is C44H49BrN4O7. The fourth-order valence-corrected chi connectivity index (χ4v) is 9.59. The van der Waals surface area contributed by atoms with Crippen molar-refractivity contribution in [2.24, 2.45) is 11.8 Å². The molecule has 3 aromatic carbocycles. The molecule has 56 heavy (non-hydrogen) atoms. The zero-order valence-electron chi connectivity index (χ0n) is 31.9. The lowest BCUT2D eigenvalue weighted by atomic mass is 9.74. The molecule has 2 saturated heterocycles. The minimum Gasteiger partial charge on any atom is -0.455 e. The normalized spacial score (nSPS) is 29.1. The van der Waals surface area contributed by atoms with E-state index >= 15 is 9.59 Å². The number of esters is 1. The van der Waals surface area contributed by atoms with Crippen LogP contribution in [-0.4, -0.2) is 89.8 Å². The standard InChI is InChI=1S/C44H49BrN4O7/c1-4-47(5-2)31-20-22-32(23-21-31)48-24-14-8-13-19-35(51)46-28(3)38(30-17-11-7-12-18-30)55-43(54)36-37-41(52)49(33(27-50)25-29-15-9-6-10-16-29)40(42(48)53)44(37)26-34(45)39(36)56-44/h6-12,14-18,20-23,26,28,33,36-40,50H,4-5,13,19,24-25,27H2,1-3H3,(H,46,51)/b14-8-/t28-,33-,36+,37-,38+,39+,40+,44-/m1/s1. The number of hydrogen-bond donors (Lipinski definition) is 2. The third-order valence-electron chi connectivity index (χ3n) is 11.6. The summed E-state index contributed by atoms with van der Waals surface area (Å²) in [5.41, 5.74) is 1.61. The fraction of sp³-hybridized carbons (Fsp3) is 0.409. The van der Waals surface area contributed by atoms with Crippen LogP contribution in [0.2, 0.25) is 0 Å². The zero-order chi connectivity index (χ0) is 39.6. The Balaban J connectivity index is 1.36. The monoisotopic (exact) mass is 824 g/mol. The molecule has 3 amide bonds. The molecule has 0 unspecified atom stereocenters.